The van der Waals surface area contributed by atoms with E-state index < -0.39 is 5.60 Å². The van der Waals surface area contributed by atoms with E-state index in [0.29, 0.717) is 32.2 Å². The van der Waals surface area contributed by atoms with Gasteiger partial charge in [-0.25, -0.2) is 0 Å². The van der Waals surface area contributed by atoms with E-state index in [4.69, 9.17) is 9.47 Å². The predicted octanol–water partition coefficient (Wildman–Crippen LogP) is 2.99. The zero-order valence-corrected chi connectivity index (χ0v) is 22.0. The summed E-state index contributed by atoms with van der Waals surface area (Å²) in [6.45, 7) is 9.73. The topological polar surface area (TPSA) is 78.4 Å². The Hall–Kier alpha value is -1.88. The van der Waals surface area contributed by atoms with Gasteiger partial charge >= 0.3 is 0 Å². The number of morpholine rings is 1. The molecule has 1 aliphatic rings. The summed E-state index contributed by atoms with van der Waals surface area (Å²) < 4.78 is 11.4. The molecule has 2 aromatic carbocycles. The summed E-state index contributed by atoms with van der Waals surface area (Å²) >= 11 is 0. The third kappa shape index (κ3) is 9.48. The van der Waals surface area contributed by atoms with Gasteiger partial charge in [-0.15, -0.1) is 24.0 Å². The first-order valence-corrected chi connectivity index (χ1v) is 11.4. The molecule has 2 aromatic rings. The second kappa shape index (κ2) is 14.4. The van der Waals surface area contributed by atoms with Gasteiger partial charge in [0.05, 0.1) is 31.9 Å². The number of aliphatic hydroxyl groups is 1. The number of aliphatic imine (C=N–C) groups is 1. The third-order valence-electron chi connectivity index (χ3n) is 5.21. The van der Waals surface area contributed by atoms with Crippen molar-refractivity contribution in [1.29, 1.82) is 0 Å². The van der Waals surface area contributed by atoms with Crippen LogP contribution in [0.1, 0.15) is 13.8 Å². The van der Waals surface area contributed by atoms with Crippen molar-refractivity contribution in [1.82, 2.24) is 15.5 Å². The summed E-state index contributed by atoms with van der Waals surface area (Å²) in [5.74, 6) is 1.53. The van der Waals surface area contributed by atoms with Crippen molar-refractivity contribution in [3.05, 3.63) is 54.6 Å². The molecule has 8 heteroatoms. The Balaban J connectivity index is 0.00000385. The van der Waals surface area contributed by atoms with Crippen LogP contribution in [0.15, 0.2) is 59.6 Å². The molecule has 0 radical (unpaired) electrons. The average molecular weight is 569 g/mol. The molecule has 33 heavy (non-hydrogen) atoms. The monoisotopic (exact) mass is 568 g/mol. The molecule has 3 rings (SSSR count). The van der Waals surface area contributed by atoms with E-state index in [-0.39, 0.29) is 24.0 Å². The number of para-hydroxylation sites is 1. The maximum absolute atomic E-state index is 10.8. The van der Waals surface area contributed by atoms with Crippen molar-refractivity contribution in [2.45, 2.75) is 19.4 Å². The third-order valence-corrected chi connectivity index (χ3v) is 5.21. The molecule has 1 atom stereocenters. The number of β-amino-alcohol motifs (C(OH)–C–C–N with tert-alkyl or cyclic N) is 1. The molecule has 0 aliphatic carbocycles. The van der Waals surface area contributed by atoms with E-state index >= 15 is 0 Å². The quantitative estimate of drug-likeness (QED) is 0.177. The predicted molar refractivity (Wildman–Crippen MR) is 145 cm³/mol. The Bertz CT molecular complexity index is 843. The highest BCUT2D eigenvalue weighted by atomic mass is 127. The van der Waals surface area contributed by atoms with Gasteiger partial charge in [-0.2, -0.15) is 0 Å². The number of guanidine groups is 1. The molecule has 0 amide bonds. The van der Waals surface area contributed by atoms with Crippen LogP contribution in [0.5, 0.6) is 5.75 Å². The fourth-order valence-electron chi connectivity index (χ4n) is 3.66. The zero-order chi connectivity index (χ0) is 22.7. The van der Waals surface area contributed by atoms with E-state index in [0.717, 1.165) is 49.7 Å². The maximum Gasteiger partial charge on any atom is 0.191 e. The number of benzene rings is 2. The fraction of sp³-hybridized carbons (Fsp3) is 0.480. The van der Waals surface area contributed by atoms with Crippen molar-refractivity contribution in [2.24, 2.45) is 4.99 Å². The van der Waals surface area contributed by atoms with E-state index in [9.17, 15) is 5.11 Å². The molecule has 1 fully saturated rings. The number of halogens is 1. The van der Waals surface area contributed by atoms with Gasteiger partial charge in [-0.1, -0.05) is 48.5 Å². The average Bonchev–Trinajstić information content (AvgIpc) is 2.81. The largest absolute Gasteiger partial charge is 0.491 e. The summed E-state index contributed by atoms with van der Waals surface area (Å²) in [7, 11) is 0. The second-order valence-corrected chi connectivity index (χ2v) is 8.22. The smallest absolute Gasteiger partial charge is 0.191 e. The SMILES string of the molecule is CCNC(=NCC(C)(O)CN1CCOCC1)NCCOc1ccccc1-c1ccccc1.I. The summed E-state index contributed by atoms with van der Waals surface area (Å²) in [6, 6.07) is 18.3. The molecule has 1 aliphatic heterocycles. The Morgan fingerprint density at radius 1 is 1.09 bits per heavy atom. The molecule has 1 heterocycles. The van der Waals surface area contributed by atoms with E-state index in [1.54, 1.807) is 0 Å². The normalized spacial score (nSPS) is 16.4. The van der Waals surface area contributed by atoms with Gasteiger partial charge in [0, 0.05) is 31.7 Å². The molecular formula is C25H37IN4O3. The lowest BCUT2D eigenvalue weighted by atomic mass is 10.1. The van der Waals surface area contributed by atoms with Crippen LogP contribution in [0.2, 0.25) is 0 Å². The van der Waals surface area contributed by atoms with Crippen LogP contribution in [0, 0.1) is 0 Å². The number of nitrogens with one attached hydrogen (secondary N) is 2. The van der Waals surface area contributed by atoms with Gasteiger partial charge in [-0.05, 0) is 25.5 Å². The molecular weight excluding hydrogens is 531 g/mol. The first kappa shape index (κ1) is 27.4. The van der Waals surface area contributed by atoms with Crippen LogP contribution in [0.25, 0.3) is 11.1 Å². The van der Waals surface area contributed by atoms with Gasteiger partial charge in [0.2, 0.25) is 0 Å². The summed E-state index contributed by atoms with van der Waals surface area (Å²) in [5.41, 5.74) is 1.31. The molecule has 0 aromatic heterocycles. The number of hydrogen-bond donors (Lipinski definition) is 3. The molecule has 1 unspecified atom stereocenters. The van der Waals surface area contributed by atoms with Crippen LogP contribution < -0.4 is 15.4 Å². The lowest BCUT2D eigenvalue weighted by molar-refractivity contribution is -0.0179. The minimum absolute atomic E-state index is 0. The van der Waals surface area contributed by atoms with Crippen molar-refractivity contribution in [2.75, 3.05) is 59.1 Å². The van der Waals surface area contributed by atoms with Crippen molar-refractivity contribution in [3.8, 4) is 16.9 Å². The highest BCUT2D eigenvalue weighted by Gasteiger charge is 2.25. The molecule has 0 bridgehead atoms. The molecule has 0 saturated carbocycles. The lowest BCUT2D eigenvalue weighted by Gasteiger charge is -2.33. The number of ether oxygens (including phenoxy) is 2. The lowest BCUT2D eigenvalue weighted by Crippen LogP contribution is -2.48. The van der Waals surface area contributed by atoms with Crippen LogP contribution >= 0.6 is 24.0 Å². The minimum atomic E-state index is -0.898. The fourth-order valence-corrected chi connectivity index (χ4v) is 3.66. The van der Waals surface area contributed by atoms with Gasteiger partial charge in [-0.3, -0.25) is 9.89 Å². The maximum atomic E-state index is 10.8. The summed E-state index contributed by atoms with van der Waals surface area (Å²) in [6.07, 6.45) is 0. The molecule has 0 spiro atoms. The first-order chi connectivity index (χ1) is 15.6. The van der Waals surface area contributed by atoms with E-state index in [1.165, 1.54) is 0 Å². The van der Waals surface area contributed by atoms with Crippen molar-refractivity contribution in [3.63, 3.8) is 0 Å². The number of hydrogen-bond acceptors (Lipinski definition) is 5. The Kier molecular flexibility index (Phi) is 11.9. The molecule has 182 valence electrons. The molecule has 1 saturated heterocycles. The highest BCUT2D eigenvalue weighted by molar-refractivity contribution is 14.0. The molecule has 3 N–H and O–H groups in total. The van der Waals surface area contributed by atoms with E-state index in [1.807, 2.05) is 50.2 Å². The Morgan fingerprint density at radius 3 is 2.52 bits per heavy atom. The zero-order valence-electron chi connectivity index (χ0n) is 19.6. The van der Waals surface area contributed by atoms with Gasteiger partial charge in [0.15, 0.2) is 5.96 Å². The number of nitrogens with zero attached hydrogens (tertiary/aromatic N) is 2. The minimum Gasteiger partial charge on any atom is -0.491 e. The van der Waals surface area contributed by atoms with Crippen molar-refractivity contribution >= 4 is 29.9 Å². The van der Waals surface area contributed by atoms with Gasteiger partial charge in [0.1, 0.15) is 12.4 Å². The van der Waals surface area contributed by atoms with Crippen LogP contribution in [-0.2, 0) is 4.74 Å². The number of rotatable bonds is 10. The summed E-state index contributed by atoms with van der Waals surface area (Å²) in [5, 5.41) is 17.3. The van der Waals surface area contributed by atoms with Crippen LogP contribution in [-0.4, -0.2) is 80.7 Å². The Labute approximate surface area is 214 Å². The standard InChI is InChI=1S/C25H36N4O3.HI/c1-3-26-24(28-19-25(2,30)20-29-14-17-31-18-15-29)27-13-16-32-23-12-8-7-11-22(23)21-9-5-4-6-10-21;/h4-12,30H,3,13-20H2,1-2H3,(H2,26,27,28);1H. The van der Waals surface area contributed by atoms with Crippen molar-refractivity contribution < 1.29 is 14.6 Å². The van der Waals surface area contributed by atoms with Gasteiger partial charge in [0.25, 0.3) is 0 Å². The van der Waals surface area contributed by atoms with Crippen LogP contribution in [0.4, 0.5) is 0 Å². The molecule has 7 nitrogen and oxygen atoms in total. The summed E-state index contributed by atoms with van der Waals surface area (Å²) in [4.78, 5) is 6.81. The Morgan fingerprint density at radius 2 is 1.79 bits per heavy atom. The highest BCUT2D eigenvalue weighted by Crippen LogP contribution is 2.29. The van der Waals surface area contributed by atoms with Gasteiger partial charge < -0.3 is 25.2 Å². The second-order valence-electron chi connectivity index (χ2n) is 8.22. The van der Waals surface area contributed by atoms with Crippen LogP contribution in [0.3, 0.4) is 0 Å². The van der Waals surface area contributed by atoms with E-state index in [2.05, 4.69) is 38.7 Å². The first-order valence-electron chi connectivity index (χ1n) is 11.4.